The van der Waals surface area contributed by atoms with E-state index in [0.29, 0.717) is 29.8 Å². The highest BCUT2D eigenvalue weighted by Crippen LogP contribution is 2.24. The minimum atomic E-state index is -0.230. The fourth-order valence-corrected chi connectivity index (χ4v) is 2.66. The molecular formula is C15H16ClN3O2. The molecule has 0 bridgehead atoms. The predicted molar refractivity (Wildman–Crippen MR) is 79.5 cm³/mol. The van der Waals surface area contributed by atoms with Gasteiger partial charge in [-0.2, -0.15) is 0 Å². The number of hydrogen-bond donors (Lipinski definition) is 1. The van der Waals surface area contributed by atoms with E-state index in [1.807, 2.05) is 24.3 Å². The lowest BCUT2D eigenvalue weighted by Gasteiger charge is -2.12. The summed E-state index contributed by atoms with van der Waals surface area (Å²) in [6, 6.07) is 7.42. The molecule has 1 aromatic carbocycles. The fourth-order valence-electron chi connectivity index (χ4n) is 2.53. The number of nitrogens with two attached hydrogens (primary N) is 1. The number of oxazole rings is 1. The highest BCUT2D eigenvalue weighted by atomic mass is 35.5. The summed E-state index contributed by atoms with van der Waals surface area (Å²) in [7, 11) is 0. The summed E-state index contributed by atoms with van der Waals surface area (Å²) < 4.78 is 5.76. The van der Waals surface area contributed by atoms with Gasteiger partial charge < -0.3 is 10.2 Å². The van der Waals surface area contributed by atoms with Crippen LogP contribution in [0.1, 0.15) is 12.3 Å². The van der Waals surface area contributed by atoms with Crippen molar-refractivity contribution in [2.24, 2.45) is 11.7 Å². The van der Waals surface area contributed by atoms with Crippen molar-refractivity contribution in [3.63, 3.8) is 0 Å². The van der Waals surface area contributed by atoms with E-state index in [9.17, 15) is 4.79 Å². The number of amides is 1. The summed E-state index contributed by atoms with van der Waals surface area (Å²) in [6.07, 6.45) is 2.51. The van der Waals surface area contributed by atoms with Crippen molar-refractivity contribution < 1.29 is 9.21 Å². The quantitative estimate of drug-likeness (QED) is 0.940. The first-order chi connectivity index (χ1) is 10.1. The van der Waals surface area contributed by atoms with Crippen LogP contribution < -0.4 is 5.73 Å². The zero-order valence-corrected chi connectivity index (χ0v) is 12.2. The van der Waals surface area contributed by atoms with E-state index < -0.39 is 0 Å². The van der Waals surface area contributed by atoms with Gasteiger partial charge in [0.05, 0.1) is 18.7 Å². The van der Waals surface area contributed by atoms with Crippen LogP contribution in [-0.4, -0.2) is 28.9 Å². The average molecular weight is 306 g/mol. The van der Waals surface area contributed by atoms with Crippen molar-refractivity contribution in [1.29, 1.82) is 0 Å². The van der Waals surface area contributed by atoms with Crippen molar-refractivity contribution in [2.45, 2.75) is 13.0 Å². The van der Waals surface area contributed by atoms with E-state index in [4.69, 9.17) is 21.8 Å². The second-order valence-corrected chi connectivity index (χ2v) is 5.68. The molecule has 2 N–H and O–H groups in total. The summed E-state index contributed by atoms with van der Waals surface area (Å²) in [5.74, 6) is 1.07. The lowest BCUT2D eigenvalue weighted by atomic mass is 10.1. The molecule has 6 heteroatoms. The molecule has 5 nitrogen and oxygen atoms in total. The van der Waals surface area contributed by atoms with E-state index in [1.54, 1.807) is 6.20 Å². The molecule has 0 saturated carbocycles. The van der Waals surface area contributed by atoms with Crippen LogP contribution in [0.25, 0.3) is 11.3 Å². The molecule has 2 heterocycles. The monoisotopic (exact) mass is 305 g/mol. The highest BCUT2D eigenvalue weighted by Gasteiger charge is 2.27. The van der Waals surface area contributed by atoms with Crippen LogP contribution in [-0.2, 0) is 11.3 Å². The number of benzene rings is 1. The third-order valence-electron chi connectivity index (χ3n) is 3.72. The van der Waals surface area contributed by atoms with Crippen LogP contribution >= 0.6 is 11.6 Å². The minimum Gasteiger partial charge on any atom is -0.439 e. The normalized spacial score (nSPS) is 19.0. The van der Waals surface area contributed by atoms with Gasteiger partial charge >= 0.3 is 0 Å². The first-order valence-electron chi connectivity index (χ1n) is 6.84. The molecule has 21 heavy (non-hydrogen) atoms. The number of likely N-dealkylation sites (tertiary alicyclic amines) is 1. The second-order valence-electron chi connectivity index (χ2n) is 5.25. The third-order valence-corrected chi connectivity index (χ3v) is 3.97. The molecule has 1 aliphatic heterocycles. The average Bonchev–Trinajstić information content (AvgIpc) is 3.10. The Hall–Kier alpha value is -1.85. The standard InChI is InChI=1S/C15H16ClN3O2/c16-12-3-1-10(2-4-12)13-7-18-14(21-13)9-19-6-5-11(8-19)15(17)20/h1-4,7,11H,5-6,8-9H2,(H2,17,20). The summed E-state index contributed by atoms with van der Waals surface area (Å²) in [4.78, 5) is 17.6. The molecule has 1 aliphatic rings. The molecule has 1 amide bonds. The number of aromatic nitrogens is 1. The second kappa shape index (κ2) is 5.87. The van der Waals surface area contributed by atoms with E-state index in [0.717, 1.165) is 18.5 Å². The molecule has 0 aliphatic carbocycles. The number of nitrogens with zero attached hydrogens (tertiary/aromatic N) is 2. The van der Waals surface area contributed by atoms with E-state index in [2.05, 4.69) is 9.88 Å². The molecule has 0 spiro atoms. The van der Waals surface area contributed by atoms with Gasteiger partial charge in [-0.15, -0.1) is 0 Å². The van der Waals surface area contributed by atoms with Gasteiger partial charge in [0.2, 0.25) is 11.8 Å². The topological polar surface area (TPSA) is 72.4 Å². The zero-order valence-electron chi connectivity index (χ0n) is 11.5. The molecule has 2 aromatic rings. The Balaban J connectivity index is 1.66. The zero-order chi connectivity index (χ0) is 14.8. The maximum Gasteiger partial charge on any atom is 0.221 e. The van der Waals surface area contributed by atoms with Crippen molar-refractivity contribution in [3.8, 4) is 11.3 Å². The minimum absolute atomic E-state index is 0.0595. The molecule has 1 saturated heterocycles. The molecule has 1 aromatic heterocycles. The maximum absolute atomic E-state index is 11.2. The van der Waals surface area contributed by atoms with Crippen LogP contribution in [0.15, 0.2) is 34.9 Å². The Bertz CT molecular complexity index is 639. The van der Waals surface area contributed by atoms with Crippen molar-refractivity contribution in [2.75, 3.05) is 13.1 Å². The van der Waals surface area contributed by atoms with Crippen LogP contribution in [0, 0.1) is 5.92 Å². The Morgan fingerprint density at radius 3 is 2.86 bits per heavy atom. The fraction of sp³-hybridized carbons (Fsp3) is 0.333. The number of hydrogen-bond acceptors (Lipinski definition) is 4. The summed E-state index contributed by atoms with van der Waals surface area (Å²) in [6.45, 7) is 2.11. The van der Waals surface area contributed by atoms with Gasteiger partial charge in [-0.25, -0.2) is 4.98 Å². The van der Waals surface area contributed by atoms with Crippen LogP contribution in [0.2, 0.25) is 5.02 Å². The Labute approximate surface area is 127 Å². The van der Waals surface area contributed by atoms with Gasteiger partial charge in [0.15, 0.2) is 5.76 Å². The Morgan fingerprint density at radius 1 is 1.43 bits per heavy atom. The molecule has 1 atom stereocenters. The first-order valence-corrected chi connectivity index (χ1v) is 7.22. The van der Waals surface area contributed by atoms with E-state index >= 15 is 0 Å². The molecule has 1 fully saturated rings. The SMILES string of the molecule is NC(=O)C1CCN(Cc2ncc(-c3ccc(Cl)cc3)o2)C1. The van der Waals surface area contributed by atoms with Crippen molar-refractivity contribution in [3.05, 3.63) is 41.4 Å². The summed E-state index contributed by atoms with van der Waals surface area (Å²) in [5.41, 5.74) is 6.27. The van der Waals surface area contributed by atoms with Crippen LogP contribution in [0.4, 0.5) is 0 Å². The number of rotatable bonds is 4. The largest absolute Gasteiger partial charge is 0.439 e. The Kier molecular flexibility index (Phi) is 3.94. The highest BCUT2D eigenvalue weighted by molar-refractivity contribution is 6.30. The lowest BCUT2D eigenvalue weighted by Crippen LogP contribution is -2.27. The van der Waals surface area contributed by atoms with Crippen LogP contribution in [0.3, 0.4) is 0 Å². The lowest BCUT2D eigenvalue weighted by molar-refractivity contribution is -0.121. The number of primary amides is 1. The summed E-state index contributed by atoms with van der Waals surface area (Å²) >= 11 is 5.87. The van der Waals surface area contributed by atoms with Crippen LogP contribution in [0.5, 0.6) is 0 Å². The molecule has 0 radical (unpaired) electrons. The van der Waals surface area contributed by atoms with E-state index in [1.165, 1.54) is 0 Å². The smallest absolute Gasteiger partial charge is 0.221 e. The van der Waals surface area contributed by atoms with Crippen molar-refractivity contribution in [1.82, 2.24) is 9.88 Å². The van der Waals surface area contributed by atoms with Gasteiger partial charge in [0.25, 0.3) is 0 Å². The number of halogens is 1. The number of carbonyl (C=O) groups is 1. The molecular weight excluding hydrogens is 290 g/mol. The third kappa shape index (κ3) is 3.25. The molecule has 110 valence electrons. The van der Waals surface area contributed by atoms with E-state index in [-0.39, 0.29) is 11.8 Å². The van der Waals surface area contributed by atoms with Gasteiger partial charge in [-0.05, 0) is 37.2 Å². The summed E-state index contributed by atoms with van der Waals surface area (Å²) in [5, 5.41) is 0.688. The van der Waals surface area contributed by atoms with Gasteiger partial charge in [0, 0.05) is 17.1 Å². The van der Waals surface area contributed by atoms with Gasteiger partial charge in [-0.1, -0.05) is 11.6 Å². The van der Waals surface area contributed by atoms with Gasteiger partial charge in [-0.3, -0.25) is 9.69 Å². The Morgan fingerprint density at radius 2 is 2.19 bits per heavy atom. The molecule has 1 unspecified atom stereocenters. The van der Waals surface area contributed by atoms with Gasteiger partial charge in [0.1, 0.15) is 0 Å². The maximum atomic E-state index is 11.2. The molecule has 3 rings (SSSR count). The predicted octanol–water partition coefficient (Wildman–Crippen LogP) is 2.30. The number of carbonyl (C=O) groups excluding carboxylic acids is 1. The van der Waals surface area contributed by atoms with Crippen molar-refractivity contribution >= 4 is 17.5 Å². The first kappa shape index (κ1) is 14.1.